The maximum atomic E-state index is 13.3. The van der Waals surface area contributed by atoms with Crippen molar-refractivity contribution in [1.82, 2.24) is 0 Å². The van der Waals surface area contributed by atoms with Crippen molar-refractivity contribution in [3.63, 3.8) is 0 Å². The second kappa shape index (κ2) is 5.44. The van der Waals surface area contributed by atoms with Gasteiger partial charge in [-0.05, 0) is 55.4 Å². The van der Waals surface area contributed by atoms with Crippen molar-refractivity contribution in [2.75, 3.05) is 0 Å². The van der Waals surface area contributed by atoms with Crippen molar-refractivity contribution >= 4 is 23.6 Å². The van der Waals surface area contributed by atoms with E-state index in [4.69, 9.17) is 0 Å². The van der Waals surface area contributed by atoms with Crippen LogP contribution in [0.3, 0.4) is 0 Å². The summed E-state index contributed by atoms with van der Waals surface area (Å²) in [7, 11) is 0. The minimum absolute atomic E-state index is 0.0510. The Hall–Kier alpha value is -1.62. The first-order chi connectivity index (χ1) is 12.2. The van der Waals surface area contributed by atoms with Crippen molar-refractivity contribution in [1.29, 1.82) is 0 Å². The molecule has 0 aromatic carbocycles. The van der Waals surface area contributed by atoms with Crippen LogP contribution in [-0.2, 0) is 19.2 Å². The number of aliphatic hydroxyl groups is 1. The molecule has 0 aromatic heterocycles. The van der Waals surface area contributed by atoms with E-state index in [0.29, 0.717) is 19.3 Å². The Balaban J connectivity index is 1.76. The Bertz CT molecular complexity index is 752. The van der Waals surface area contributed by atoms with Gasteiger partial charge >= 0.3 is 0 Å². The molecule has 140 valence electrons. The number of hydrogen-bond acceptors (Lipinski definition) is 5. The van der Waals surface area contributed by atoms with Gasteiger partial charge in [0, 0.05) is 24.2 Å². The smallest absolute Gasteiger partial charge is 0.227 e. The molecule has 1 N–H and O–H groups in total. The Morgan fingerprint density at radius 1 is 1.19 bits per heavy atom. The number of Topliss-reactive ketones (excluding diaryl/α,β-unsaturated/α-hetero) is 2. The van der Waals surface area contributed by atoms with E-state index in [1.54, 1.807) is 6.08 Å². The van der Waals surface area contributed by atoms with Gasteiger partial charge in [0.25, 0.3) is 0 Å². The van der Waals surface area contributed by atoms with Gasteiger partial charge in [0.1, 0.15) is 11.4 Å². The van der Waals surface area contributed by atoms with Crippen LogP contribution in [0, 0.1) is 28.6 Å². The van der Waals surface area contributed by atoms with Crippen LogP contribution in [0.25, 0.3) is 0 Å². The molecular formula is C21H26O5. The van der Waals surface area contributed by atoms with Crippen LogP contribution in [0.4, 0.5) is 0 Å². The second-order valence-corrected chi connectivity index (χ2v) is 9.28. The number of carbonyl (C=O) groups excluding carboxylic acids is 4. The maximum absolute atomic E-state index is 13.3. The highest BCUT2D eigenvalue weighted by atomic mass is 16.3. The van der Waals surface area contributed by atoms with Crippen LogP contribution in [-0.4, -0.2) is 34.3 Å². The van der Waals surface area contributed by atoms with Crippen LogP contribution >= 0.6 is 0 Å². The molecule has 4 aliphatic rings. The second-order valence-electron chi connectivity index (χ2n) is 9.28. The van der Waals surface area contributed by atoms with Gasteiger partial charge in [0.15, 0.2) is 12.1 Å². The highest BCUT2D eigenvalue weighted by molar-refractivity contribution is 6.29. The first kappa shape index (κ1) is 17.8. The normalized spacial score (nSPS) is 47.5. The molecule has 0 bridgehead atoms. The van der Waals surface area contributed by atoms with E-state index in [9.17, 15) is 24.3 Å². The fourth-order valence-electron chi connectivity index (χ4n) is 6.89. The first-order valence-corrected chi connectivity index (χ1v) is 9.66. The Morgan fingerprint density at radius 3 is 2.62 bits per heavy atom. The lowest BCUT2D eigenvalue weighted by Crippen LogP contribution is -2.60. The largest absolute Gasteiger partial charge is 0.381 e. The van der Waals surface area contributed by atoms with Crippen LogP contribution < -0.4 is 0 Å². The zero-order valence-electron chi connectivity index (χ0n) is 15.4. The lowest BCUT2D eigenvalue weighted by atomic mass is 9.46. The summed E-state index contributed by atoms with van der Waals surface area (Å²) in [5.41, 5.74) is -1.78. The minimum Gasteiger partial charge on any atom is -0.381 e. The molecule has 4 aliphatic carbocycles. The van der Waals surface area contributed by atoms with Crippen LogP contribution in [0.1, 0.15) is 58.8 Å². The summed E-state index contributed by atoms with van der Waals surface area (Å²) in [5, 5.41) is 11.1. The van der Waals surface area contributed by atoms with E-state index in [1.165, 1.54) is 0 Å². The van der Waals surface area contributed by atoms with Crippen molar-refractivity contribution in [3.8, 4) is 0 Å². The summed E-state index contributed by atoms with van der Waals surface area (Å²) in [6.07, 6.45) is 5.78. The van der Waals surface area contributed by atoms with E-state index >= 15 is 0 Å². The van der Waals surface area contributed by atoms with Gasteiger partial charge in [0.2, 0.25) is 5.78 Å². The highest BCUT2D eigenvalue weighted by Crippen LogP contribution is 2.66. The van der Waals surface area contributed by atoms with Crippen LogP contribution in [0.5, 0.6) is 0 Å². The van der Waals surface area contributed by atoms with Gasteiger partial charge in [-0.3, -0.25) is 19.2 Å². The Labute approximate surface area is 153 Å². The lowest BCUT2D eigenvalue weighted by Gasteiger charge is -2.57. The van der Waals surface area contributed by atoms with E-state index in [1.807, 2.05) is 6.92 Å². The predicted octanol–water partition coefficient (Wildman–Crippen LogP) is 2.20. The van der Waals surface area contributed by atoms with Crippen molar-refractivity contribution in [2.45, 2.75) is 64.4 Å². The molecule has 26 heavy (non-hydrogen) atoms. The molecule has 3 saturated carbocycles. The zero-order valence-corrected chi connectivity index (χ0v) is 15.4. The van der Waals surface area contributed by atoms with Crippen molar-refractivity contribution < 1.29 is 24.3 Å². The minimum atomic E-state index is -1.72. The summed E-state index contributed by atoms with van der Waals surface area (Å²) >= 11 is 0. The maximum Gasteiger partial charge on any atom is 0.227 e. The fraction of sp³-hybridized carbons (Fsp3) is 0.714. The highest BCUT2D eigenvalue weighted by Gasteiger charge is 2.68. The number of rotatable bonds is 2. The number of carbonyl (C=O) groups is 4. The molecule has 4 rings (SSSR count). The van der Waals surface area contributed by atoms with Gasteiger partial charge in [-0.15, -0.1) is 0 Å². The third-order valence-corrected chi connectivity index (χ3v) is 8.32. The Morgan fingerprint density at radius 2 is 1.92 bits per heavy atom. The molecule has 0 aliphatic heterocycles. The Kier molecular flexibility index (Phi) is 3.72. The van der Waals surface area contributed by atoms with Gasteiger partial charge in [-0.1, -0.05) is 19.4 Å². The summed E-state index contributed by atoms with van der Waals surface area (Å²) in [6, 6.07) is 0. The topological polar surface area (TPSA) is 88.5 Å². The number of aldehydes is 1. The first-order valence-electron chi connectivity index (χ1n) is 9.66. The summed E-state index contributed by atoms with van der Waals surface area (Å²) < 4.78 is 0. The van der Waals surface area contributed by atoms with Crippen molar-refractivity contribution in [3.05, 3.63) is 11.6 Å². The summed E-state index contributed by atoms with van der Waals surface area (Å²) in [5.74, 6) is -0.562. The third-order valence-electron chi connectivity index (χ3n) is 8.32. The number of fused-ring (bicyclic) bond motifs is 5. The lowest BCUT2D eigenvalue weighted by molar-refractivity contribution is -0.169. The molecule has 0 unspecified atom stereocenters. The molecular weight excluding hydrogens is 332 g/mol. The monoisotopic (exact) mass is 358 g/mol. The zero-order chi connectivity index (χ0) is 18.9. The summed E-state index contributed by atoms with van der Waals surface area (Å²) in [6.45, 7) is 3.93. The molecule has 5 nitrogen and oxygen atoms in total. The standard InChI is InChI=1S/C21H26O5/c1-19-7-5-13(23)9-12(19)3-4-14-15-6-8-21(26,17(25)11-22)20(15,2)10-16(24)18(14)19/h9,11,14-15,18,26H,3-8,10H2,1-2H3/t14-,15-,18+,19-,20-,21+/m0/s1. The SMILES string of the molecule is C[C@]12CCC(=O)C=C1CC[C@@H]1[C@@H]2C(=O)C[C@@]2(C)[C@H]1CC[C@@]2(O)C(=O)C=O. The molecule has 0 aromatic rings. The summed E-state index contributed by atoms with van der Waals surface area (Å²) in [4.78, 5) is 48.5. The van der Waals surface area contributed by atoms with E-state index in [0.717, 1.165) is 18.4 Å². The number of hydrogen-bond donors (Lipinski definition) is 1. The average Bonchev–Trinajstić information content (AvgIpc) is 2.86. The molecule has 3 fully saturated rings. The molecule has 5 heteroatoms. The predicted molar refractivity (Wildman–Crippen MR) is 93.1 cm³/mol. The van der Waals surface area contributed by atoms with Crippen LogP contribution in [0.2, 0.25) is 0 Å². The third kappa shape index (κ3) is 2.01. The molecule has 0 radical (unpaired) electrons. The molecule has 0 spiro atoms. The van der Waals surface area contributed by atoms with Crippen LogP contribution in [0.15, 0.2) is 11.6 Å². The number of ketones is 3. The quantitative estimate of drug-likeness (QED) is 0.604. The van der Waals surface area contributed by atoms with E-state index in [2.05, 4.69) is 6.92 Å². The van der Waals surface area contributed by atoms with Gasteiger partial charge in [0.05, 0.1) is 0 Å². The fourth-order valence-corrected chi connectivity index (χ4v) is 6.89. The van der Waals surface area contributed by atoms with Gasteiger partial charge < -0.3 is 5.11 Å². The molecule has 6 atom stereocenters. The van der Waals surface area contributed by atoms with Gasteiger partial charge in [-0.2, -0.15) is 0 Å². The van der Waals surface area contributed by atoms with E-state index in [-0.39, 0.29) is 53.9 Å². The van der Waals surface area contributed by atoms with Gasteiger partial charge in [-0.25, -0.2) is 0 Å². The number of allylic oxidation sites excluding steroid dienone is 1. The van der Waals surface area contributed by atoms with E-state index < -0.39 is 16.8 Å². The molecule has 0 heterocycles. The average molecular weight is 358 g/mol. The van der Waals surface area contributed by atoms with Crippen molar-refractivity contribution in [2.24, 2.45) is 28.6 Å². The molecule has 0 amide bonds. The molecule has 0 saturated heterocycles.